The molecule has 2 aromatic carbocycles. The molecule has 0 aliphatic carbocycles. The van der Waals surface area contributed by atoms with Crippen LogP contribution in [0.1, 0.15) is 26.5 Å². The number of benzene rings is 2. The van der Waals surface area contributed by atoms with E-state index >= 15 is 0 Å². The third-order valence-electron chi connectivity index (χ3n) is 4.75. The molecule has 146 valence electrons. The number of aromatic nitrogens is 2. The second-order valence-corrected chi connectivity index (χ2v) is 8.40. The lowest BCUT2D eigenvalue weighted by atomic mass is 10.1. The summed E-state index contributed by atoms with van der Waals surface area (Å²) in [6, 6.07) is 15.1. The van der Waals surface area contributed by atoms with Crippen molar-refractivity contribution in [2.24, 2.45) is 0 Å². The highest BCUT2D eigenvalue weighted by Gasteiger charge is 2.22. The van der Waals surface area contributed by atoms with E-state index in [0.29, 0.717) is 22.3 Å². The van der Waals surface area contributed by atoms with Crippen LogP contribution in [0.2, 0.25) is 5.02 Å². The number of aryl methyl sites for hydroxylation is 2. The highest BCUT2D eigenvalue weighted by molar-refractivity contribution is 7.15. The molecular formula is C22H18ClN3O2S. The Hall–Kier alpha value is -2.96. The largest absolute Gasteiger partial charge is 0.342 e. The van der Waals surface area contributed by atoms with Crippen molar-refractivity contribution in [3.8, 4) is 0 Å². The van der Waals surface area contributed by atoms with Gasteiger partial charge in [-0.2, -0.15) is 0 Å². The summed E-state index contributed by atoms with van der Waals surface area (Å²) in [5.74, 6) is -1.27. The Morgan fingerprint density at radius 1 is 1.10 bits per heavy atom. The van der Waals surface area contributed by atoms with Crippen LogP contribution in [0.15, 0.2) is 54.7 Å². The molecule has 2 heterocycles. The number of ketones is 1. The maximum atomic E-state index is 12.9. The summed E-state index contributed by atoms with van der Waals surface area (Å²) < 4.78 is 1.97. The van der Waals surface area contributed by atoms with E-state index in [1.807, 2.05) is 66.9 Å². The Morgan fingerprint density at radius 2 is 1.83 bits per heavy atom. The number of Topliss-reactive ketones (excluding diaryl/α,β-unsaturated/α-hetero) is 1. The fourth-order valence-electron chi connectivity index (χ4n) is 3.15. The number of halogens is 1. The first-order valence-electron chi connectivity index (χ1n) is 9.04. The number of nitrogens with zero attached hydrogens (tertiary/aromatic N) is 2. The molecule has 0 saturated heterocycles. The number of carbonyl (C=O) groups is 2. The molecule has 0 unspecified atom stereocenters. The molecule has 7 heteroatoms. The number of hydrogen-bond donors (Lipinski definition) is 1. The molecule has 1 N–H and O–H groups in total. The number of amides is 1. The zero-order valence-corrected chi connectivity index (χ0v) is 17.5. The van der Waals surface area contributed by atoms with Crippen LogP contribution in [0.4, 0.5) is 5.13 Å². The van der Waals surface area contributed by atoms with Crippen molar-refractivity contribution in [3.63, 3.8) is 0 Å². The van der Waals surface area contributed by atoms with E-state index in [1.54, 1.807) is 6.20 Å². The molecule has 0 aliphatic rings. The topological polar surface area (TPSA) is 64.0 Å². The van der Waals surface area contributed by atoms with Crippen LogP contribution in [-0.4, -0.2) is 21.2 Å². The fraction of sp³-hybridized carbons (Fsp3) is 0.136. The van der Waals surface area contributed by atoms with E-state index in [4.69, 9.17) is 11.6 Å². The van der Waals surface area contributed by atoms with Gasteiger partial charge in [0.1, 0.15) is 0 Å². The summed E-state index contributed by atoms with van der Waals surface area (Å²) in [6.45, 7) is 4.36. The molecule has 0 bridgehead atoms. The maximum absolute atomic E-state index is 12.9. The lowest BCUT2D eigenvalue weighted by Gasteiger charge is -2.05. The standard InChI is InChI=1S/C22H18ClN3O2S/c1-13-14(2)29-22(24-13)25-21(28)20(27)18-12-26(19-6-4-3-5-17(18)19)11-15-7-9-16(23)10-8-15/h3-10,12H,11H2,1-2H3,(H,24,25,28). The summed E-state index contributed by atoms with van der Waals surface area (Å²) in [7, 11) is 0. The minimum absolute atomic E-state index is 0.372. The minimum Gasteiger partial charge on any atom is -0.342 e. The fourth-order valence-corrected chi connectivity index (χ4v) is 4.08. The summed E-state index contributed by atoms with van der Waals surface area (Å²) in [5.41, 5.74) is 3.15. The van der Waals surface area contributed by atoms with Gasteiger partial charge in [-0.3, -0.25) is 14.9 Å². The van der Waals surface area contributed by atoms with Gasteiger partial charge in [0, 0.05) is 33.5 Å². The predicted molar refractivity (Wildman–Crippen MR) is 117 cm³/mol. The second-order valence-electron chi connectivity index (χ2n) is 6.76. The molecule has 4 rings (SSSR count). The number of carbonyl (C=O) groups excluding carboxylic acids is 2. The van der Waals surface area contributed by atoms with Gasteiger partial charge in [-0.25, -0.2) is 4.98 Å². The number of rotatable bonds is 5. The van der Waals surface area contributed by atoms with Crippen molar-refractivity contribution in [2.45, 2.75) is 20.4 Å². The Bertz CT molecular complexity index is 1210. The monoisotopic (exact) mass is 423 g/mol. The molecule has 4 aromatic rings. The van der Waals surface area contributed by atoms with E-state index in [0.717, 1.165) is 27.0 Å². The normalized spacial score (nSPS) is 11.0. The highest BCUT2D eigenvalue weighted by Crippen LogP contribution is 2.25. The third kappa shape index (κ3) is 3.95. The van der Waals surface area contributed by atoms with E-state index in [2.05, 4.69) is 10.3 Å². The number of nitrogens with one attached hydrogen (secondary N) is 1. The van der Waals surface area contributed by atoms with Crippen LogP contribution >= 0.6 is 22.9 Å². The quantitative estimate of drug-likeness (QED) is 0.352. The number of thiazole rings is 1. The van der Waals surface area contributed by atoms with E-state index in [9.17, 15) is 9.59 Å². The molecule has 29 heavy (non-hydrogen) atoms. The first-order chi connectivity index (χ1) is 13.9. The number of hydrogen-bond acceptors (Lipinski definition) is 4. The molecule has 0 saturated carbocycles. The Morgan fingerprint density at radius 3 is 2.52 bits per heavy atom. The molecule has 0 atom stereocenters. The van der Waals surface area contributed by atoms with Gasteiger partial charge in [0.05, 0.1) is 11.3 Å². The Labute approximate surface area is 177 Å². The lowest BCUT2D eigenvalue weighted by Crippen LogP contribution is -2.22. The molecule has 0 aliphatic heterocycles. The van der Waals surface area contributed by atoms with E-state index in [1.165, 1.54) is 11.3 Å². The lowest BCUT2D eigenvalue weighted by molar-refractivity contribution is -0.112. The Kier molecular flexibility index (Phi) is 5.22. The number of fused-ring (bicyclic) bond motifs is 1. The maximum Gasteiger partial charge on any atom is 0.298 e. The first-order valence-corrected chi connectivity index (χ1v) is 10.2. The van der Waals surface area contributed by atoms with Gasteiger partial charge in [0.25, 0.3) is 11.7 Å². The van der Waals surface area contributed by atoms with Gasteiger partial charge in [0.15, 0.2) is 5.13 Å². The van der Waals surface area contributed by atoms with Crippen molar-refractivity contribution in [3.05, 3.63) is 81.4 Å². The number of para-hydroxylation sites is 1. The van der Waals surface area contributed by atoms with Crippen molar-refractivity contribution in [1.82, 2.24) is 9.55 Å². The predicted octanol–water partition coefficient (Wildman–Crippen LogP) is 5.24. The van der Waals surface area contributed by atoms with Gasteiger partial charge in [0.2, 0.25) is 0 Å². The van der Waals surface area contributed by atoms with Gasteiger partial charge in [-0.15, -0.1) is 11.3 Å². The molecule has 0 spiro atoms. The summed E-state index contributed by atoms with van der Waals surface area (Å²) >= 11 is 7.32. The molecule has 0 radical (unpaired) electrons. The van der Waals surface area contributed by atoms with Crippen LogP contribution in [0, 0.1) is 13.8 Å². The van der Waals surface area contributed by atoms with Crippen LogP contribution in [0.3, 0.4) is 0 Å². The summed E-state index contributed by atoms with van der Waals surface area (Å²) in [4.78, 5) is 30.7. The zero-order chi connectivity index (χ0) is 20.5. The summed E-state index contributed by atoms with van der Waals surface area (Å²) in [5, 5.41) is 4.48. The Balaban J connectivity index is 1.65. The van der Waals surface area contributed by atoms with Crippen LogP contribution in [0.25, 0.3) is 10.9 Å². The first kappa shape index (κ1) is 19.4. The highest BCUT2D eigenvalue weighted by atomic mass is 35.5. The van der Waals surface area contributed by atoms with Crippen LogP contribution in [0.5, 0.6) is 0 Å². The van der Waals surface area contributed by atoms with Gasteiger partial charge >= 0.3 is 0 Å². The molecule has 2 aromatic heterocycles. The molecule has 1 amide bonds. The smallest absolute Gasteiger partial charge is 0.298 e. The molecule has 5 nitrogen and oxygen atoms in total. The zero-order valence-electron chi connectivity index (χ0n) is 15.9. The van der Waals surface area contributed by atoms with Crippen LogP contribution < -0.4 is 5.32 Å². The van der Waals surface area contributed by atoms with E-state index in [-0.39, 0.29) is 0 Å². The second kappa shape index (κ2) is 7.81. The summed E-state index contributed by atoms with van der Waals surface area (Å²) in [6.07, 6.45) is 1.74. The van der Waals surface area contributed by atoms with Crippen molar-refractivity contribution >= 4 is 50.7 Å². The van der Waals surface area contributed by atoms with Crippen molar-refractivity contribution in [2.75, 3.05) is 5.32 Å². The van der Waals surface area contributed by atoms with Gasteiger partial charge in [-0.1, -0.05) is 41.9 Å². The average Bonchev–Trinajstić information content (AvgIpc) is 3.22. The van der Waals surface area contributed by atoms with Crippen molar-refractivity contribution in [1.29, 1.82) is 0 Å². The van der Waals surface area contributed by atoms with E-state index < -0.39 is 11.7 Å². The van der Waals surface area contributed by atoms with Gasteiger partial charge in [-0.05, 0) is 37.6 Å². The minimum atomic E-state index is -0.687. The SMILES string of the molecule is Cc1nc(NC(=O)C(=O)c2cn(Cc3ccc(Cl)cc3)c3ccccc23)sc1C. The number of anilines is 1. The van der Waals surface area contributed by atoms with Crippen LogP contribution in [-0.2, 0) is 11.3 Å². The molecular weight excluding hydrogens is 406 g/mol. The van der Waals surface area contributed by atoms with Crippen molar-refractivity contribution < 1.29 is 9.59 Å². The van der Waals surface area contributed by atoms with Gasteiger partial charge < -0.3 is 4.57 Å². The third-order valence-corrected chi connectivity index (χ3v) is 5.99. The average molecular weight is 424 g/mol. The molecule has 0 fully saturated rings.